The molecule has 1 atom stereocenters. The molecule has 1 aromatic rings. The number of halogens is 1. The number of carbonyl (C=O) groups is 1. The van der Waals surface area contributed by atoms with Crippen LogP contribution in [0.25, 0.3) is 0 Å². The SMILES string of the molecule is C[C@H](NCC(N)=O)c1ccccc1Br. The first-order valence-electron chi connectivity index (χ1n) is 4.37. The Hall–Kier alpha value is -0.870. The third kappa shape index (κ3) is 3.12. The number of hydrogen-bond donors (Lipinski definition) is 2. The van der Waals surface area contributed by atoms with E-state index in [9.17, 15) is 4.79 Å². The third-order valence-corrected chi connectivity index (χ3v) is 2.68. The van der Waals surface area contributed by atoms with Gasteiger partial charge < -0.3 is 11.1 Å². The van der Waals surface area contributed by atoms with Gasteiger partial charge in [0.25, 0.3) is 0 Å². The van der Waals surface area contributed by atoms with Crippen molar-refractivity contribution in [3.8, 4) is 0 Å². The molecule has 76 valence electrons. The van der Waals surface area contributed by atoms with Gasteiger partial charge in [0.15, 0.2) is 0 Å². The summed E-state index contributed by atoms with van der Waals surface area (Å²) in [6.07, 6.45) is 0. The molecule has 0 saturated heterocycles. The molecule has 4 heteroatoms. The van der Waals surface area contributed by atoms with E-state index in [-0.39, 0.29) is 18.5 Å². The number of rotatable bonds is 4. The summed E-state index contributed by atoms with van der Waals surface area (Å²) in [7, 11) is 0. The zero-order chi connectivity index (χ0) is 10.6. The molecule has 0 bridgehead atoms. The van der Waals surface area contributed by atoms with Crippen molar-refractivity contribution in [1.29, 1.82) is 0 Å². The van der Waals surface area contributed by atoms with E-state index in [0.29, 0.717) is 0 Å². The van der Waals surface area contributed by atoms with Crippen LogP contribution >= 0.6 is 15.9 Å². The number of nitrogens with one attached hydrogen (secondary N) is 1. The van der Waals surface area contributed by atoms with Crippen molar-refractivity contribution in [1.82, 2.24) is 5.32 Å². The standard InChI is InChI=1S/C10H13BrN2O/c1-7(13-6-10(12)14)8-4-2-3-5-9(8)11/h2-5,7,13H,6H2,1H3,(H2,12,14)/t7-/m0/s1. The topological polar surface area (TPSA) is 55.1 Å². The van der Waals surface area contributed by atoms with Gasteiger partial charge >= 0.3 is 0 Å². The molecule has 0 aromatic heterocycles. The lowest BCUT2D eigenvalue weighted by molar-refractivity contribution is -0.117. The van der Waals surface area contributed by atoms with E-state index in [4.69, 9.17) is 5.73 Å². The van der Waals surface area contributed by atoms with Crippen LogP contribution in [0.2, 0.25) is 0 Å². The first-order chi connectivity index (χ1) is 6.61. The fraction of sp³-hybridized carbons (Fsp3) is 0.300. The summed E-state index contributed by atoms with van der Waals surface area (Å²) in [5, 5.41) is 3.03. The number of benzene rings is 1. The minimum absolute atomic E-state index is 0.109. The predicted octanol–water partition coefficient (Wildman–Crippen LogP) is 1.58. The monoisotopic (exact) mass is 256 g/mol. The third-order valence-electron chi connectivity index (χ3n) is 1.95. The second-order valence-corrected chi connectivity index (χ2v) is 3.94. The number of amides is 1. The molecule has 14 heavy (non-hydrogen) atoms. The Kier molecular flexibility index (Phi) is 4.10. The highest BCUT2D eigenvalue weighted by molar-refractivity contribution is 9.10. The second kappa shape index (κ2) is 5.12. The first-order valence-corrected chi connectivity index (χ1v) is 5.16. The molecule has 1 aromatic carbocycles. The fourth-order valence-corrected chi connectivity index (χ4v) is 1.82. The van der Waals surface area contributed by atoms with E-state index >= 15 is 0 Å². The number of primary amides is 1. The molecular weight excluding hydrogens is 244 g/mol. The largest absolute Gasteiger partial charge is 0.369 e. The minimum Gasteiger partial charge on any atom is -0.369 e. The van der Waals surface area contributed by atoms with Crippen molar-refractivity contribution < 1.29 is 4.79 Å². The maximum Gasteiger partial charge on any atom is 0.231 e. The maximum absolute atomic E-state index is 10.6. The number of hydrogen-bond acceptors (Lipinski definition) is 2. The van der Waals surface area contributed by atoms with Gasteiger partial charge in [-0.15, -0.1) is 0 Å². The summed E-state index contributed by atoms with van der Waals surface area (Å²) < 4.78 is 1.03. The molecule has 3 N–H and O–H groups in total. The van der Waals surface area contributed by atoms with E-state index in [0.717, 1.165) is 10.0 Å². The molecule has 3 nitrogen and oxygen atoms in total. The van der Waals surface area contributed by atoms with E-state index in [1.807, 2.05) is 31.2 Å². The molecule has 0 unspecified atom stereocenters. The highest BCUT2D eigenvalue weighted by Crippen LogP contribution is 2.22. The van der Waals surface area contributed by atoms with Crippen LogP contribution in [0.5, 0.6) is 0 Å². The summed E-state index contributed by atoms with van der Waals surface area (Å²) in [5.74, 6) is -0.344. The molecule has 0 aliphatic heterocycles. The van der Waals surface area contributed by atoms with Crippen LogP contribution in [-0.4, -0.2) is 12.5 Å². The Balaban J connectivity index is 2.65. The summed E-state index contributed by atoms with van der Waals surface area (Å²) in [6.45, 7) is 2.19. The molecular formula is C10H13BrN2O. The van der Waals surface area contributed by atoms with E-state index in [1.54, 1.807) is 0 Å². The van der Waals surface area contributed by atoms with Crippen LogP contribution in [0.15, 0.2) is 28.7 Å². The predicted molar refractivity (Wildman–Crippen MR) is 59.8 cm³/mol. The minimum atomic E-state index is -0.344. The highest BCUT2D eigenvalue weighted by Gasteiger charge is 2.08. The first kappa shape index (κ1) is 11.2. The number of nitrogens with two attached hydrogens (primary N) is 1. The van der Waals surface area contributed by atoms with Gasteiger partial charge in [-0.1, -0.05) is 34.1 Å². The zero-order valence-corrected chi connectivity index (χ0v) is 9.54. The van der Waals surface area contributed by atoms with Gasteiger partial charge in [0.05, 0.1) is 6.54 Å². The lowest BCUT2D eigenvalue weighted by atomic mass is 10.1. The van der Waals surface area contributed by atoms with Crippen molar-refractivity contribution in [2.75, 3.05) is 6.54 Å². The Labute approximate surface area is 91.8 Å². The second-order valence-electron chi connectivity index (χ2n) is 3.09. The van der Waals surface area contributed by atoms with Crippen LogP contribution in [0.3, 0.4) is 0 Å². The van der Waals surface area contributed by atoms with Crippen molar-refractivity contribution in [3.63, 3.8) is 0 Å². The summed E-state index contributed by atoms with van der Waals surface area (Å²) in [5.41, 5.74) is 6.16. The highest BCUT2D eigenvalue weighted by atomic mass is 79.9. The molecule has 0 aliphatic carbocycles. The number of carbonyl (C=O) groups excluding carboxylic acids is 1. The van der Waals surface area contributed by atoms with Gasteiger partial charge in [-0.2, -0.15) is 0 Å². The van der Waals surface area contributed by atoms with Crippen molar-refractivity contribution >= 4 is 21.8 Å². The molecule has 0 fully saturated rings. The molecule has 0 spiro atoms. The maximum atomic E-state index is 10.6. The average molecular weight is 257 g/mol. The Bertz CT molecular complexity index is 328. The van der Waals surface area contributed by atoms with Crippen LogP contribution in [0, 0.1) is 0 Å². The van der Waals surface area contributed by atoms with Gasteiger partial charge in [-0.05, 0) is 18.6 Å². The molecule has 1 amide bonds. The normalized spacial score (nSPS) is 12.4. The van der Waals surface area contributed by atoms with Crippen LogP contribution < -0.4 is 11.1 Å². The molecule has 1 rings (SSSR count). The van der Waals surface area contributed by atoms with Crippen molar-refractivity contribution in [3.05, 3.63) is 34.3 Å². The van der Waals surface area contributed by atoms with Gasteiger partial charge in [0, 0.05) is 10.5 Å². The lowest BCUT2D eigenvalue weighted by Crippen LogP contribution is -2.30. The Morgan fingerprint density at radius 2 is 2.21 bits per heavy atom. The van der Waals surface area contributed by atoms with Crippen LogP contribution in [0.4, 0.5) is 0 Å². The van der Waals surface area contributed by atoms with Crippen molar-refractivity contribution in [2.45, 2.75) is 13.0 Å². The average Bonchev–Trinajstić information content (AvgIpc) is 2.15. The molecule has 0 aliphatic rings. The summed E-state index contributed by atoms with van der Waals surface area (Å²) >= 11 is 3.45. The van der Waals surface area contributed by atoms with Crippen LogP contribution in [0.1, 0.15) is 18.5 Å². The van der Waals surface area contributed by atoms with E-state index in [1.165, 1.54) is 0 Å². The van der Waals surface area contributed by atoms with Crippen molar-refractivity contribution in [2.24, 2.45) is 5.73 Å². The van der Waals surface area contributed by atoms with Crippen LogP contribution in [-0.2, 0) is 4.79 Å². The van der Waals surface area contributed by atoms with E-state index < -0.39 is 0 Å². The molecule has 0 heterocycles. The van der Waals surface area contributed by atoms with E-state index in [2.05, 4.69) is 21.2 Å². The van der Waals surface area contributed by atoms with Gasteiger partial charge in [0.1, 0.15) is 0 Å². The summed E-state index contributed by atoms with van der Waals surface area (Å²) in [6, 6.07) is 8.00. The van der Waals surface area contributed by atoms with Gasteiger partial charge in [-0.3, -0.25) is 4.79 Å². The lowest BCUT2D eigenvalue weighted by Gasteiger charge is -2.14. The molecule has 0 radical (unpaired) electrons. The van der Waals surface area contributed by atoms with Gasteiger partial charge in [0.2, 0.25) is 5.91 Å². The Morgan fingerprint density at radius 1 is 1.57 bits per heavy atom. The zero-order valence-electron chi connectivity index (χ0n) is 7.96. The van der Waals surface area contributed by atoms with Gasteiger partial charge in [-0.25, -0.2) is 0 Å². The Morgan fingerprint density at radius 3 is 2.79 bits per heavy atom. The quantitative estimate of drug-likeness (QED) is 0.860. The fourth-order valence-electron chi connectivity index (χ4n) is 1.19. The smallest absolute Gasteiger partial charge is 0.231 e. The summed E-state index contributed by atoms with van der Waals surface area (Å²) in [4.78, 5) is 10.6. The molecule has 0 saturated carbocycles.